The molecule has 0 spiro atoms. The highest BCUT2D eigenvalue weighted by Gasteiger charge is 2.20. The molecule has 0 radical (unpaired) electrons. The Bertz CT molecular complexity index is 916. The van der Waals surface area contributed by atoms with Gasteiger partial charge in [0.15, 0.2) is 0 Å². The van der Waals surface area contributed by atoms with Crippen LogP contribution in [0, 0.1) is 42.2 Å². The third kappa shape index (κ3) is 3.98. The zero-order valence-corrected chi connectivity index (χ0v) is 15.2. The fourth-order valence-electron chi connectivity index (χ4n) is 2.71. The van der Waals surface area contributed by atoms with E-state index in [2.05, 4.69) is 5.32 Å². The van der Waals surface area contributed by atoms with Crippen molar-refractivity contribution < 1.29 is 9.72 Å². The molecule has 0 aliphatic heterocycles. The van der Waals surface area contributed by atoms with Crippen LogP contribution in [0.5, 0.6) is 0 Å². The fraction of sp³-hybridized carbons (Fsp3) is 0.263. The number of nitrogens with zero attached hydrogens (tertiary/aromatic N) is 3. The molecule has 2 rings (SSSR count). The number of carbonyl (C=O) groups excluding carboxylic acids is 1. The van der Waals surface area contributed by atoms with Crippen LogP contribution in [-0.4, -0.2) is 24.4 Å². The summed E-state index contributed by atoms with van der Waals surface area (Å²) in [4.78, 5) is 24.7. The summed E-state index contributed by atoms with van der Waals surface area (Å²) in [6, 6.07) is 10.4. The average molecular weight is 352 g/mol. The Morgan fingerprint density at radius 2 is 1.96 bits per heavy atom. The van der Waals surface area contributed by atoms with Gasteiger partial charge in [0.2, 0.25) is 5.91 Å². The number of anilines is 2. The maximum Gasteiger partial charge on any atom is 0.275 e. The number of rotatable bonds is 5. The van der Waals surface area contributed by atoms with Gasteiger partial charge >= 0.3 is 0 Å². The van der Waals surface area contributed by atoms with Crippen LogP contribution in [0.25, 0.3) is 0 Å². The highest BCUT2D eigenvalue weighted by molar-refractivity contribution is 5.95. The molecule has 0 saturated heterocycles. The van der Waals surface area contributed by atoms with Crippen LogP contribution < -0.4 is 10.2 Å². The number of nitro benzene ring substituents is 1. The first kappa shape index (κ1) is 18.9. The molecule has 0 saturated carbocycles. The van der Waals surface area contributed by atoms with Crippen molar-refractivity contribution in [3.8, 4) is 6.07 Å². The lowest BCUT2D eigenvalue weighted by atomic mass is 10.1. The lowest BCUT2D eigenvalue weighted by Crippen LogP contribution is -2.31. The van der Waals surface area contributed by atoms with Crippen LogP contribution >= 0.6 is 0 Å². The van der Waals surface area contributed by atoms with Crippen molar-refractivity contribution in [2.24, 2.45) is 0 Å². The molecule has 1 N–H and O–H groups in total. The van der Waals surface area contributed by atoms with E-state index in [1.165, 1.54) is 6.07 Å². The molecule has 134 valence electrons. The highest BCUT2D eigenvalue weighted by atomic mass is 16.6. The van der Waals surface area contributed by atoms with Gasteiger partial charge in [-0.05, 0) is 44.0 Å². The maximum atomic E-state index is 12.4. The number of hydrogen-bond donors (Lipinski definition) is 1. The number of nitro groups is 1. The van der Waals surface area contributed by atoms with Crippen LogP contribution in [0.2, 0.25) is 0 Å². The van der Waals surface area contributed by atoms with Crippen molar-refractivity contribution in [3.05, 3.63) is 62.7 Å². The third-order valence-corrected chi connectivity index (χ3v) is 4.35. The number of amides is 1. The monoisotopic (exact) mass is 352 g/mol. The molecule has 0 bridgehead atoms. The fourth-order valence-corrected chi connectivity index (χ4v) is 2.71. The van der Waals surface area contributed by atoms with E-state index in [0.29, 0.717) is 11.3 Å². The third-order valence-electron chi connectivity index (χ3n) is 4.35. The Morgan fingerprint density at radius 1 is 1.27 bits per heavy atom. The van der Waals surface area contributed by atoms with E-state index in [0.717, 1.165) is 16.8 Å². The molecule has 1 amide bonds. The number of benzene rings is 2. The van der Waals surface area contributed by atoms with Crippen molar-refractivity contribution in [1.82, 2.24) is 0 Å². The van der Waals surface area contributed by atoms with Crippen LogP contribution in [0.4, 0.5) is 17.1 Å². The van der Waals surface area contributed by atoms with Gasteiger partial charge in [-0.1, -0.05) is 12.1 Å². The summed E-state index contributed by atoms with van der Waals surface area (Å²) in [6.07, 6.45) is 0. The zero-order chi connectivity index (χ0) is 19.4. The van der Waals surface area contributed by atoms with Crippen molar-refractivity contribution >= 4 is 23.0 Å². The summed E-state index contributed by atoms with van der Waals surface area (Å²) in [5, 5.41) is 23.2. The Balaban J connectivity index is 2.24. The summed E-state index contributed by atoms with van der Waals surface area (Å²) < 4.78 is 0. The Hall–Kier alpha value is -3.40. The molecule has 0 aliphatic carbocycles. The second-order valence-electron chi connectivity index (χ2n) is 6.16. The highest BCUT2D eigenvalue weighted by Crippen LogP contribution is 2.29. The predicted molar refractivity (Wildman–Crippen MR) is 100 cm³/mol. The van der Waals surface area contributed by atoms with E-state index >= 15 is 0 Å². The molecule has 7 nitrogen and oxygen atoms in total. The lowest BCUT2D eigenvalue weighted by molar-refractivity contribution is -0.385. The van der Waals surface area contributed by atoms with E-state index in [9.17, 15) is 14.9 Å². The molecule has 0 aliphatic rings. The quantitative estimate of drug-likeness (QED) is 0.656. The molecule has 26 heavy (non-hydrogen) atoms. The van der Waals surface area contributed by atoms with E-state index in [-0.39, 0.29) is 23.7 Å². The minimum Gasteiger partial charge on any atom is -0.365 e. The van der Waals surface area contributed by atoms with Gasteiger partial charge in [-0.2, -0.15) is 5.26 Å². The molecule has 2 aromatic carbocycles. The average Bonchev–Trinajstić information content (AvgIpc) is 2.58. The first-order chi connectivity index (χ1) is 12.2. The van der Waals surface area contributed by atoms with E-state index in [1.807, 2.05) is 38.1 Å². The van der Waals surface area contributed by atoms with Crippen molar-refractivity contribution in [1.29, 1.82) is 5.26 Å². The summed E-state index contributed by atoms with van der Waals surface area (Å²) in [5.74, 6) is -0.245. The standard InChI is InChI=1S/C19H20N4O3/c1-12-6-5-7-16(13(12)2)21-19(24)11-22(4)17-8-15(10-20)9-18(14(17)3)23(25)26/h5-9H,11H2,1-4H3,(H,21,24). The topological polar surface area (TPSA) is 99.3 Å². The van der Waals surface area contributed by atoms with E-state index in [4.69, 9.17) is 5.26 Å². The van der Waals surface area contributed by atoms with Crippen LogP contribution in [0.15, 0.2) is 30.3 Å². The summed E-state index contributed by atoms with van der Waals surface area (Å²) in [5.41, 5.74) is 3.73. The minimum absolute atomic E-state index is 0.000256. The Kier molecular flexibility index (Phi) is 5.58. The second-order valence-corrected chi connectivity index (χ2v) is 6.16. The molecular formula is C19H20N4O3. The van der Waals surface area contributed by atoms with Gasteiger partial charge in [0, 0.05) is 24.5 Å². The van der Waals surface area contributed by atoms with Gasteiger partial charge in [-0.3, -0.25) is 14.9 Å². The second kappa shape index (κ2) is 7.66. The Labute approximate surface area is 152 Å². The van der Waals surface area contributed by atoms with Crippen LogP contribution in [-0.2, 0) is 4.79 Å². The van der Waals surface area contributed by atoms with Gasteiger partial charge in [0.1, 0.15) is 0 Å². The van der Waals surface area contributed by atoms with Gasteiger partial charge in [-0.15, -0.1) is 0 Å². The first-order valence-corrected chi connectivity index (χ1v) is 8.01. The lowest BCUT2D eigenvalue weighted by Gasteiger charge is -2.21. The molecule has 0 atom stereocenters. The van der Waals surface area contributed by atoms with Crippen LogP contribution in [0.3, 0.4) is 0 Å². The maximum absolute atomic E-state index is 12.4. The zero-order valence-electron chi connectivity index (χ0n) is 15.2. The van der Waals surface area contributed by atoms with Gasteiger partial charge < -0.3 is 10.2 Å². The van der Waals surface area contributed by atoms with Crippen LogP contribution in [0.1, 0.15) is 22.3 Å². The van der Waals surface area contributed by atoms with Gasteiger partial charge in [0.25, 0.3) is 5.69 Å². The predicted octanol–water partition coefficient (Wildman–Crippen LogP) is 3.47. The largest absolute Gasteiger partial charge is 0.365 e. The van der Waals surface area contributed by atoms with E-state index in [1.54, 1.807) is 24.9 Å². The summed E-state index contributed by atoms with van der Waals surface area (Å²) >= 11 is 0. The SMILES string of the molecule is Cc1cccc(NC(=O)CN(C)c2cc(C#N)cc([N+](=O)[O-])c2C)c1C. The molecule has 0 aromatic heterocycles. The number of nitrogens with one attached hydrogen (secondary N) is 1. The molecular weight excluding hydrogens is 332 g/mol. The molecule has 2 aromatic rings. The molecule has 0 unspecified atom stereocenters. The summed E-state index contributed by atoms with van der Waals surface area (Å²) in [7, 11) is 1.66. The number of aryl methyl sites for hydroxylation is 1. The van der Waals surface area contributed by atoms with Gasteiger partial charge in [0.05, 0.1) is 28.7 Å². The number of likely N-dealkylation sites (N-methyl/N-ethyl adjacent to an activating group) is 1. The number of nitriles is 1. The first-order valence-electron chi connectivity index (χ1n) is 8.01. The van der Waals surface area contributed by atoms with E-state index < -0.39 is 4.92 Å². The number of carbonyl (C=O) groups is 1. The summed E-state index contributed by atoms with van der Waals surface area (Å²) in [6.45, 7) is 5.50. The molecule has 7 heteroatoms. The number of hydrogen-bond acceptors (Lipinski definition) is 5. The smallest absolute Gasteiger partial charge is 0.275 e. The van der Waals surface area contributed by atoms with Crippen molar-refractivity contribution in [2.45, 2.75) is 20.8 Å². The minimum atomic E-state index is -0.524. The molecule has 0 heterocycles. The normalized spacial score (nSPS) is 10.1. The Morgan fingerprint density at radius 3 is 2.58 bits per heavy atom. The van der Waals surface area contributed by atoms with Crippen molar-refractivity contribution in [3.63, 3.8) is 0 Å². The van der Waals surface area contributed by atoms with Crippen molar-refractivity contribution in [2.75, 3.05) is 23.8 Å². The van der Waals surface area contributed by atoms with Gasteiger partial charge in [-0.25, -0.2) is 0 Å². The molecule has 0 fully saturated rings.